The third-order valence-corrected chi connectivity index (χ3v) is 3.91. The fourth-order valence-electron chi connectivity index (χ4n) is 1.77. The molecule has 2 aromatic rings. The SMILES string of the molecule is C[C@@H](N)c1cccc(F)c1SCc1ccccc1. The molecule has 0 aliphatic heterocycles. The second kappa shape index (κ2) is 6.03. The summed E-state index contributed by atoms with van der Waals surface area (Å²) in [6, 6.07) is 15.0. The van der Waals surface area contributed by atoms with Crippen molar-refractivity contribution in [2.24, 2.45) is 5.73 Å². The minimum atomic E-state index is -0.189. The van der Waals surface area contributed by atoms with Crippen molar-refractivity contribution in [3.63, 3.8) is 0 Å². The Morgan fingerprint density at radius 2 is 1.83 bits per heavy atom. The van der Waals surface area contributed by atoms with Gasteiger partial charge in [0.15, 0.2) is 0 Å². The Balaban J connectivity index is 2.19. The Morgan fingerprint density at radius 3 is 2.50 bits per heavy atom. The van der Waals surface area contributed by atoms with Crippen molar-refractivity contribution in [1.29, 1.82) is 0 Å². The molecule has 18 heavy (non-hydrogen) atoms. The van der Waals surface area contributed by atoms with E-state index < -0.39 is 0 Å². The summed E-state index contributed by atoms with van der Waals surface area (Å²) in [4.78, 5) is 0.663. The van der Waals surface area contributed by atoms with Crippen LogP contribution in [0.25, 0.3) is 0 Å². The van der Waals surface area contributed by atoms with Crippen molar-refractivity contribution in [2.45, 2.75) is 23.6 Å². The molecule has 0 aliphatic carbocycles. The van der Waals surface area contributed by atoms with Crippen LogP contribution in [0, 0.1) is 5.82 Å². The van der Waals surface area contributed by atoms with Crippen molar-refractivity contribution >= 4 is 11.8 Å². The molecule has 0 spiro atoms. The molecule has 2 aromatic carbocycles. The van der Waals surface area contributed by atoms with Gasteiger partial charge in [-0.2, -0.15) is 0 Å². The van der Waals surface area contributed by atoms with Crippen molar-refractivity contribution in [2.75, 3.05) is 0 Å². The van der Waals surface area contributed by atoms with Crippen molar-refractivity contribution in [3.8, 4) is 0 Å². The van der Waals surface area contributed by atoms with Crippen LogP contribution in [0.15, 0.2) is 53.4 Å². The average Bonchev–Trinajstić information content (AvgIpc) is 2.38. The fraction of sp³-hybridized carbons (Fsp3) is 0.200. The van der Waals surface area contributed by atoms with Crippen LogP contribution in [0.2, 0.25) is 0 Å². The molecule has 3 heteroatoms. The van der Waals surface area contributed by atoms with Gasteiger partial charge in [0, 0.05) is 16.7 Å². The van der Waals surface area contributed by atoms with Gasteiger partial charge in [0.05, 0.1) is 0 Å². The first-order chi connectivity index (χ1) is 8.68. The Bertz CT molecular complexity index is 511. The molecule has 0 aliphatic rings. The van der Waals surface area contributed by atoms with Gasteiger partial charge in [-0.3, -0.25) is 0 Å². The molecule has 0 aromatic heterocycles. The van der Waals surface area contributed by atoms with E-state index in [9.17, 15) is 4.39 Å². The van der Waals surface area contributed by atoms with E-state index in [0.29, 0.717) is 4.90 Å². The maximum absolute atomic E-state index is 13.8. The van der Waals surface area contributed by atoms with Gasteiger partial charge in [0.2, 0.25) is 0 Å². The molecule has 2 N–H and O–H groups in total. The van der Waals surface area contributed by atoms with Crippen LogP contribution in [-0.2, 0) is 5.75 Å². The third kappa shape index (κ3) is 3.12. The van der Waals surface area contributed by atoms with E-state index in [0.717, 1.165) is 11.3 Å². The molecule has 0 heterocycles. The maximum atomic E-state index is 13.8. The van der Waals surface area contributed by atoms with Crippen LogP contribution in [0.1, 0.15) is 24.1 Å². The van der Waals surface area contributed by atoms with Crippen LogP contribution in [0.4, 0.5) is 4.39 Å². The third-order valence-electron chi connectivity index (χ3n) is 2.71. The number of hydrogen-bond acceptors (Lipinski definition) is 2. The zero-order valence-corrected chi connectivity index (χ0v) is 11.1. The van der Waals surface area contributed by atoms with E-state index in [1.165, 1.54) is 23.4 Å². The number of halogens is 1. The molecular formula is C15H16FNS. The summed E-state index contributed by atoms with van der Waals surface area (Å²) in [6.45, 7) is 1.88. The second-order valence-electron chi connectivity index (χ2n) is 4.22. The summed E-state index contributed by atoms with van der Waals surface area (Å²) in [5, 5.41) is 0. The molecule has 0 radical (unpaired) electrons. The van der Waals surface area contributed by atoms with E-state index >= 15 is 0 Å². The minimum Gasteiger partial charge on any atom is -0.324 e. The van der Waals surface area contributed by atoms with Gasteiger partial charge in [-0.15, -0.1) is 11.8 Å². The van der Waals surface area contributed by atoms with Crippen molar-refractivity contribution in [1.82, 2.24) is 0 Å². The summed E-state index contributed by atoms with van der Waals surface area (Å²) in [6.07, 6.45) is 0. The highest BCUT2D eigenvalue weighted by molar-refractivity contribution is 7.98. The van der Waals surface area contributed by atoms with Crippen LogP contribution in [-0.4, -0.2) is 0 Å². The largest absolute Gasteiger partial charge is 0.324 e. The number of thioether (sulfide) groups is 1. The molecule has 0 saturated heterocycles. The van der Waals surface area contributed by atoms with E-state index in [1.807, 2.05) is 43.3 Å². The monoisotopic (exact) mass is 261 g/mol. The molecule has 1 nitrogen and oxygen atoms in total. The Morgan fingerprint density at radius 1 is 1.11 bits per heavy atom. The zero-order chi connectivity index (χ0) is 13.0. The normalized spacial score (nSPS) is 12.4. The summed E-state index contributed by atoms with van der Waals surface area (Å²) in [5.74, 6) is 0.562. The van der Waals surface area contributed by atoms with E-state index in [-0.39, 0.29) is 11.9 Å². The van der Waals surface area contributed by atoms with Crippen molar-refractivity contribution < 1.29 is 4.39 Å². The van der Waals surface area contributed by atoms with Crippen LogP contribution < -0.4 is 5.73 Å². The molecule has 0 amide bonds. The van der Waals surface area contributed by atoms with E-state index in [2.05, 4.69) is 0 Å². The molecular weight excluding hydrogens is 245 g/mol. The van der Waals surface area contributed by atoms with Gasteiger partial charge in [-0.05, 0) is 24.1 Å². The lowest BCUT2D eigenvalue weighted by Gasteiger charge is -2.13. The number of benzene rings is 2. The first kappa shape index (κ1) is 13.1. The Kier molecular flexibility index (Phi) is 4.39. The molecule has 0 unspecified atom stereocenters. The quantitative estimate of drug-likeness (QED) is 0.837. The lowest BCUT2D eigenvalue weighted by molar-refractivity contribution is 0.591. The van der Waals surface area contributed by atoms with Crippen molar-refractivity contribution in [3.05, 3.63) is 65.5 Å². The first-order valence-electron chi connectivity index (χ1n) is 5.89. The smallest absolute Gasteiger partial charge is 0.137 e. The molecule has 0 fully saturated rings. The van der Waals surface area contributed by atoms with Gasteiger partial charge < -0.3 is 5.73 Å². The summed E-state index contributed by atoms with van der Waals surface area (Å²) >= 11 is 1.50. The molecule has 94 valence electrons. The second-order valence-corrected chi connectivity index (χ2v) is 5.21. The highest BCUT2D eigenvalue weighted by Crippen LogP contribution is 2.31. The van der Waals surface area contributed by atoms with Crippen LogP contribution in [0.3, 0.4) is 0 Å². The predicted octanol–water partition coefficient (Wildman–Crippen LogP) is 4.14. The molecule has 0 bridgehead atoms. The lowest BCUT2D eigenvalue weighted by Crippen LogP contribution is -2.07. The number of nitrogens with two attached hydrogens (primary N) is 1. The highest BCUT2D eigenvalue weighted by atomic mass is 32.2. The molecule has 2 rings (SSSR count). The Hall–Kier alpha value is -1.32. The predicted molar refractivity (Wildman–Crippen MR) is 75.0 cm³/mol. The van der Waals surface area contributed by atoms with Gasteiger partial charge in [-0.1, -0.05) is 42.5 Å². The standard InChI is InChI=1S/C15H16FNS/c1-11(17)13-8-5-9-14(16)15(13)18-10-12-6-3-2-4-7-12/h2-9,11H,10,17H2,1H3/t11-/m1/s1. The van der Waals surface area contributed by atoms with E-state index in [4.69, 9.17) is 5.73 Å². The summed E-state index contributed by atoms with van der Waals surface area (Å²) in [5.41, 5.74) is 7.93. The topological polar surface area (TPSA) is 26.0 Å². The summed E-state index contributed by atoms with van der Waals surface area (Å²) in [7, 11) is 0. The fourth-order valence-corrected chi connectivity index (χ4v) is 2.90. The van der Waals surface area contributed by atoms with Crippen LogP contribution in [0.5, 0.6) is 0 Å². The number of hydrogen-bond donors (Lipinski definition) is 1. The van der Waals surface area contributed by atoms with Crippen LogP contribution >= 0.6 is 11.8 Å². The minimum absolute atomic E-state index is 0.154. The maximum Gasteiger partial charge on any atom is 0.137 e. The Labute approximate surface area is 111 Å². The highest BCUT2D eigenvalue weighted by Gasteiger charge is 2.12. The van der Waals surface area contributed by atoms with Gasteiger partial charge >= 0.3 is 0 Å². The van der Waals surface area contributed by atoms with Gasteiger partial charge in [-0.25, -0.2) is 4.39 Å². The van der Waals surface area contributed by atoms with Gasteiger partial charge in [0.1, 0.15) is 5.82 Å². The lowest BCUT2D eigenvalue weighted by atomic mass is 10.1. The summed E-state index contributed by atoms with van der Waals surface area (Å²) < 4.78 is 13.8. The number of rotatable bonds is 4. The molecule has 1 atom stereocenters. The van der Waals surface area contributed by atoms with Gasteiger partial charge in [0.25, 0.3) is 0 Å². The average molecular weight is 261 g/mol. The van der Waals surface area contributed by atoms with E-state index in [1.54, 1.807) is 6.07 Å². The molecule has 0 saturated carbocycles. The first-order valence-corrected chi connectivity index (χ1v) is 6.87. The zero-order valence-electron chi connectivity index (χ0n) is 10.3.